The van der Waals surface area contributed by atoms with Crippen molar-refractivity contribution >= 4 is 23.3 Å². The Bertz CT molecular complexity index is 736. The predicted octanol–water partition coefficient (Wildman–Crippen LogP) is 3.24. The van der Waals surface area contributed by atoms with E-state index in [0.29, 0.717) is 0 Å². The molecule has 8 heteroatoms. The van der Waals surface area contributed by atoms with Crippen LogP contribution >= 0.6 is 11.6 Å². The molecule has 6 nitrogen and oxygen atoms in total. The zero-order valence-electron chi connectivity index (χ0n) is 10.7. The maximum atomic E-state index is 13.6. The Morgan fingerprint density at radius 2 is 2.05 bits per heavy atom. The lowest BCUT2D eigenvalue weighted by molar-refractivity contribution is -0.384. The summed E-state index contributed by atoms with van der Waals surface area (Å²) in [6.45, 7) is 0. The zero-order chi connectivity index (χ0) is 15.6. The number of aromatic nitrogens is 1. The molecule has 0 spiro atoms. The average molecular weight is 311 g/mol. The van der Waals surface area contributed by atoms with Crippen molar-refractivity contribution in [3.05, 3.63) is 57.0 Å². The summed E-state index contributed by atoms with van der Waals surface area (Å²) >= 11 is 5.71. The predicted molar refractivity (Wildman–Crippen MR) is 72.6 cm³/mol. The number of hydrogen-bond acceptors (Lipinski definition) is 5. The second kappa shape index (κ2) is 5.84. The Balaban J connectivity index is 2.58. The molecule has 0 radical (unpaired) electrons. The van der Waals surface area contributed by atoms with Gasteiger partial charge in [-0.05, 0) is 18.2 Å². The van der Waals surface area contributed by atoms with Crippen LogP contribution in [-0.4, -0.2) is 23.0 Å². The lowest BCUT2D eigenvalue weighted by Gasteiger charge is -2.05. The van der Waals surface area contributed by atoms with Gasteiger partial charge >= 0.3 is 5.97 Å². The molecule has 1 aromatic heterocycles. The number of rotatable bonds is 3. The van der Waals surface area contributed by atoms with Gasteiger partial charge in [0.1, 0.15) is 11.0 Å². The van der Waals surface area contributed by atoms with Crippen molar-refractivity contribution in [2.24, 2.45) is 0 Å². The molecule has 0 fully saturated rings. The number of ether oxygens (including phenoxy) is 1. The van der Waals surface area contributed by atoms with Gasteiger partial charge in [0.15, 0.2) is 0 Å². The fourth-order valence-corrected chi connectivity index (χ4v) is 1.91. The van der Waals surface area contributed by atoms with Crippen molar-refractivity contribution in [3.63, 3.8) is 0 Å². The number of pyridine rings is 1. The Morgan fingerprint density at radius 1 is 1.33 bits per heavy atom. The summed E-state index contributed by atoms with van der Waals surface area (Å²) in [7, 11) is 1.16. The fraction of sp³-hybridized carbons (Fsp3) is 0.0769. The molecule has 0 amide bonds. The maximum absolute atomic E-state index is 13.6. The van der Waals surface area contributed by atoms with E-state index in [1.807, 2.05) is 0 Å². The van der Waals surface area contributed by atoms with Crippen LogP contribution in [0.15, 0.2) is 30.3 Å². The fourth-order valence-electron chi connectivity index (χ4n) is 1.71. The summed E-state index contributed by atoms with van der Waals surface area (Å²) in [5.41, 5.74) is -0.0503. The van der Waals surface area contributed by atoms with Crippen molar-refractivity contribution in [1.82, 2.24) is 4.98 Å². The van der Waals surface area contributed by atoms with E-state index in [4.69, 9.17) is 11.6 Å². The third-order valence-corrected chi connectivity index (χ3v) is 2.80. The van der Waals surface area contributed by atoms with Crippen LogP contribution in [0.2, 0.25) is 5.15 Å². The van der Waals surface area contributed by atoms with Gasteiger partial charge in [-0.3, -0.25) is 10.1 Å². The summed E-state index contributed by atoms with van der Waals surface area (Å²) in [4.78, 5) is 25.5. The lowest BCUT2D eigenvalue weighted by Crippen LogP contribution is -2.02. The number of benzene rings is 1. The molecule has 1 aromatic carbocycles. The number of halogens is 2. The summed E-state index contributed by atoms with van der Waals surface area (Å²) in [5, 5.41) is 10.7. The van der Waals surface area contributed by atoms with E-state index in [-0.39, 0.29) is 27.7 Å². The van der Waals surface area contributed by atoms with E-state index in [9.17, 15) is 19.3 Å². The highest BCUT2D eigenvalue weighted by atomic mass is 35.5. The first-order valence-corrected chi connectivity index (χ1v) is 6.00. The zero-order valence-corrected chi connectivity index (χ0v) is 11.4. The van der Waals surface area contributed by atoms with Crippen LogP contribution in [0.3, 0.4) is 0 Å². The second-order valence-electron chi connectivity index (χ2n) is 4.01. The molecule has 21 heavy (non-hydrogen) atoms. The Hall–Kier alpha value is -2.54. The van der Waals surface area contributed by atoms with Crippen LogP contribution in [0.5, 0.6) is 0 Å². The van der Waals surface area contributed by atoms with Crippen LogP contribution in [0, 0.1) is 15.9 Å². The van der Waals surface area contributed by atoms with Gasteiger partial charge in [-0.15, -0.1) is 0 Å². The Labute approximate surface area is 123 Å². The van der Waals surface area contributed by atoms with Crippen molar-refractivity contribution in [3.8, 4) is 11.3 Å². The van der Waals surface area contributed by atoms with Gasteiger partial charge < -0.3 is 4.74 Å². The van der Waals surface area contributed by atoms with E-state index in [1.54, 1.807) is 0 Å². The molecule has 0 N–H and O–H groups in total. The highest BCUT2D eigenvalue weighted by molar-refractivity contribution is 6.29. The molecular formula is C13H8ClFN2O4. The van der Waals surface area contributed by atoms with Gasteiger partial charge in [-0.25, -0.2) is 14.2 Å². The molecule has 108 valence electrons. The highest BCUT2D eigenvalue weighted by Gasteiger charge is 2.15. The molecule has 0 aliphatic rings. The van der Waals surface area contributed by atoms with Crippen LogP contribution in [0.1, 0.15) is 10.4 Å². The molecule has 2 rings (SSSR count). The largest absolute Gasteiger partial charge is 0.465 e. The number of carbonyl (C=O) groups excluding carboxylic acids is 1. The number of hydrogen-bond donors (Lipinski definition) is 0. The highest BCUT2D eigenvalue weighted by Crippen LogP contribution is 2.26. The first-order chi connectivity index (χ1) is 9.90. The van der Waals surface area contributed by atoms with Gasteiger partial charge in [-0.2, -0.15) is 0 Å². The molecular weight excluding hydrogens is 303 g/mol. The summed E-state index contributed by atoms with van der Waals surface area (Å²) in [6, 6.07) is 5.62. The number of carbonyl (C=O) groups is 1. The van der Waals surface area contributed by atoms with E-state index >= 15 is 0 Å². The molecule has 0 atom stereocenters. The van der Waals surface area contributed by atoms with Crippen LogP contribution in [-0.2, 0) is 4.74 Å². The summed E-state index contributed by atoms with van der Waals surface area (Å²) in [5.74, 6) is -1.43. The van der Waals surface area contributed by atoms with E-state index in [1.165, 1.54) is 6.07 Å². The Kier molecular flexibility index (Phi) is 4.13. The lowest BCUT2D eigenvalue weighted by atomic mass is 10.1. The number of nitro groups is 1. The van der Waals surface area contributed by atoms with Crippen LogP contribution in [0.4, 0.5) is 10.1 Å². The van der Waals surface area contributed by atoms with Gasteiger partial charge in [0.2, 0.25) is 0 Å². The topological polar surface area (TPSA) is 82.3 Å². The molecule has 2 aromatic rings. The first-order valence-electron chi connectivity index (χ1n) is 5.62. The minimum atomic E-state index is -0.729. The molecule has 1 heterocycles. The third kappa shape index (κ3) is 3.32. The monoisotopic (exact) mass is 310 g/mol. The van der Waals surface area contributed by atoms with Gasteiger partial charge in [0.25, 0.3) is 5.69 Å². The van der Waals surface area contributed by atoms with Crippen molar-refractivity contribution in [2.75, 3.05) is 7.11 Å². The number of nitrogens with zero attached hydrogens (tertiary/aromatic N) is 2. The van der Waals surface area contributed by atoms with Crippen LogP contribution < -0.4 is 0 Å². The molecule has 0 bridgehead atoms. The summed E-state index contributed by atoms with van der Waals surface area (Å²) in [6.07, 6.45) is 0. The number of methoxy groups -OCH3 is 1. The normalized spacial score (nSPS) is 10.2. The van der Waals surface area contributed by atoms with E-state index < -0.39 is 16.7 Å². The minimum Gasteiger partial charge on any atom is -0.465 e. The van der Waals surface area contributed by atoms with E-state index in [0.717, 1.165) is 31.4 Å². The Morgan fingerprint density at radius 3 is 2.67 bits per heavy atom. The third-order valence-electron chi connectivity index (χ3n) is 2.60. The smallest absolute Gasteiger partial charge is 0.337 e. The molecule has 0 saturated carbocycles. The maximum Gasteiger partial charge on any atom is 0.337 e. The second-order valence-corrected chi connectivity index (χ2v) is 4.40. The standard InChI is InChI=1S/C13H8ClFN2O4/c1-21-13(18)8-2-7(3-9(15)4-8)11-5-10(17(19)20)6-12(14)16-11/h2-6H,1H3. The minimum absolute atomic E-state index is 0.0306. The van der Waals surface area contributed by atoms with Gasteiger partial charge in [0.05, 0.1) is 29.4 Å². The molecule has 0 aliphatic heterocycles. The van der Waals surface area contributed by atoms with Gasteiger partial charge in [0, 0.05) is 11.6 Å². The molecule has 0 aliphatic carbocycles. The van der Waals surface area contributed by atoms with Crippen molar-refractivity contribution in [2.45, 2.75) is 0 Å². The molecule has 0 unspecified atom stereocenters. The first kappa shape index (κ1) is 14.9. The average Bonchev–Trinajstić information content (AvgIpc) is 2.45. The SMILES string of the molecule is COC(=O)c1cc(F)cc(-c2cc([N+](=O)[O-])cc(Cl)n2)c1. The number of esters is 1. The quantitative estimate of drug-likeness (QED) is 0.376. The molecule has 0 saturated heterocycles. The van der Waals surface area contributed by atoms with Crippen LogP contribution in [0.25, 0.3) is 11.3 Å². The van der Waals surface area contributed by atoms with Crippen molar-refractivity contribution < 1.29 is 18.8 Å². The van der Waals surface area contributed by atoms with Crippen molar-refractivity contribution in [1.29, 1.82) is 0 Å². The van der Waals surface area contributed by atoms with E-state index in [2.05, 4.69) is 9.72 Å². The summed E-state index contributed by atoms with van der Waals surface area (Å²) < 4.78 is 18.1. The van der Waals surface area contributed by atoms with Gasteiger partial charge in [-0.1, -0.05) is 11.6 Å².